The SMILES string of the molecule is O=C(CCC=CCC[C@@H]1[C@@H](N2CCCCC2)[C@@H](O)C[C@@H]1OCc1ccc(-c2ccccc2)cc1)OC(c1ccccc1)(c1ccccc1)c1ccccc1. The van der Waals surface area contributed by atoms with Crippen LogP contribution in [0.1, 0.15) is 73.6 Å². The molecule has 0 spiro atoms. The number of ether oxygens (including phenoxy) is 2. The lowest BCUT2D eigenvalue weighted by atomic mass is 9.80. The van der Waals surface area contributed by atoms with E-state index in [1.165, 1.54) is 30.4 Å². The van der Waals surface area contributed by atoms with Gasteiger partial charge in [-0.3, -0.25) is 9.69 Å². The number of hydrogen-bond acceptors (Lipinski definition) is 5. The standard InChI is InChI=1S/C49H53NO4/c51-45-36-46(53-37-38-30-32-40(33-31-38)39-20-8-3-9-21-39)44(48(45)50-34-18-7-19-35-50)28-16-1-2-17-29-47(52)54-49(41-22-10-4-11-23-41,42-24-12-5-13-25-42)43-26-14-6-15-27-43/h1-6,8-15,20-27,30-33,44-46,48,51H,7,16-19,28-29,34-37H2/t44-,45-,46-,48+/m0/s1. The maximum atomic E-state index is 13.7. The molecule has 2 fully saturated rings. The summed E-state index contributed by atoms with van der Waals surface area (Å²) in [6.45, 7) is 2.62. The minimum absolute atomic E-state index is 0.00816. The predicted molar refractivity (Wildman–Crippen MR) is 217 cm³/mol. The average molecular weight is 720 g/mol. The van der Waals surface area contributed by atoms with E-state index in [0.29, 0.717) is 19.4 Å². The van der Waals surface area contributed by atoms with Crippen LogP contribution in [0.25, 0.3) is 11.1 Å². The number of esters is 1. The molecule has 1 N–H and O–H groups in total. The average Bonchev–Trinajstić information content (AvgIpc) is 3.56. The Kier molecular flexibility index (Phi) is 12.8. The predicted octanol–water partition coefficient (Wildman–Crippen LogP) is 10.1. The maximum Gasteiger partial charge on any atom is 0.307 e. The topological polar surface area (TPSA) is 59.0 Å². The van der Waals surface area contributed by atoms with E-state index >= 15 is 0 Å². The zero-order valence-electron chi connectivity index (χ0n) is 31.2. The Labute approximate surface area is 321 Å². The van der Waals surface area contributed by atoms with Crippen LogP contribution in [0.5, 0.6) is 0 Å². The molecule has 2 aliphatic rings. The van der Waals surface area contributed by atoms with Gasteiger partial charge in [0.15, 0.2) is 5.60 Å². The number of aliphatic hydroxyl groups excluding tert-OH is 1. The molecule has 278 valence electrons. The third-order valence-corrected chi connectivity index (χ3v) is 11.3. The van der Waals surface area contributed by atoms with Crippen LogP contribution in [0.2, 0.25) is 0 Å². The van der Waals surface area contributed by atoms with Crippen molar-refractivity contribution in [2.24, 2.45) is 5.92 Å². The van der Waals surface area contributed by atoms with Gasteiger partial charge in [0, 0.05) is 41.5 Å². The second-order valence-electron chi connectivity index (χ2n) is 14.8. The molecule has 0 aromatic heterocycles. The summed E-state index contributed by atoms with van der Waals surface area (Å²) in [5, 5.41) is 11.4. The van der Waals surface area contributed by atoms with Gasteiger partial charge in [0.05, 0.1) is 18.8 Å². The minimum atomic E-state index is -1.06. The summed E-state index contributed by atoms with van der Waals surface area (Å²) in [4.78, 5) is 16.2. The van der Waals surface area contributed by atoms with Gasteiger partial charge in [-0.2, -0.15) is 0 Å². The second kappa shape index (κ2) is 18.5. The summed E-state index contributed by atoms with van der Waals surface area (Å²) in [5.41, 5.74) is 5.22. The van der Waals surface area contributed by atoms with Gasteiger partial charge in [-0.05, 0) is 61.9 Å². The number of allylic oxidation sites excluding steroid dienone is 2. The summed E-state index contributed by atoms with van der Waals surface area (Å²) >= 11 is 0. The molecule has 1 aliphatic heterocycles. The third-order valence-electron chi connectivity index (χ3n) is 11.3. The number of rotatable bonds is 15. The first-order valence-corrected chi connectivity index (χ1v) is 19.8. The van der Waals surface area contributed by atoms with Crippen molar-refractivity contribution in [3.63, 3.8) is 0 Å². The number of carbonyl (C=O) groups excluding carboxylic acids is 1. The molecule has 7 rings (SSSR count). The van der Waals surface area contributed by atoms with Crippen molar-refractivity contribution in [3.8, 4) is 11.1 Å². The largest absolute Gasteiger partial charge is 0.444 e. The van der Waals surface area contributed by atoms with Crippen LogP contribution in [0.15, 0.2) is 158 Å². The van der Waals surface area contributed by atoms with E-state index in [2.05, 4.69) is 65.6 Å². The van der Waals surface area contributed by atoms with Crippen LogP contribution in [-0.4, -0.2) is 47.3 Å². The van der Waals surface area contributed by atoms with Crippen LogP contribution in [0.3, 0.4) is 0 Å². The fourth-order valence-electron chi connectivity index (χ4n) is 8.61. The molecular weight excluding hydrogens is 667 g/mol. The molecular formula is C49H53NO4. The van der Waals surface area contributed by atoms with Crippen molar-refractivity contribution in [2.45, 2.75) is 81.8 Å². The highest BCUT2D eigenvalue weighted by molar-refractivity contribution is 5.72. The smallest absolute Gasteiger partial charge is 0.307 e. The molecule has 0 radical (unpaired) electrons. The quantitative estimate of drug-likeness (QED) is 0.0663. The van der Waals surface area contributed by atoms with E-state index in [-0.39, 0.29) is 30.5 Å². The van der Waals surface area contributed by atoms with Gasteiger partial charge in [0.25, 0.3) is 0 Å². The van der Waals surface area contributed by atoms with Gasteiger partial charge >= 0.3 is 5.97 Å². The van der Waals surface area contributed by atoms with Crippen molar-refractivity contribution in [1.29, 1.82) is 0 Å². The lowest BCUT2D eigenvalue weighted by molar-refractivity contribution is -0.153. The third kappa shape index (κ3) is 8.93. The zero-order chi connectivity index (χ0) is 37.0. The Bertz CT molecular complexity index is 1790. The number of hydrogen-bond donors (Lipinski definition) is 1. The van der Waals surface area contributed by atoms with Crippen molar-refractivity contribution < 1.29 is 19.4 Å². The second-order valence-corrected chi connectivity index (χ2v) is 14.8. The molecule has 4 atom stereocenters. The van der Waals surface area contributed by atoms with Crippen LogP contribution >= 0.6 is 0 Å². The van der Waals surface area contributed by atoms with Crippen molar-refractivity contribution in [3.05, 3.63) is 180 Å². The first-order chi connectivity index (χ1) is 26.6. The van der Waals surface area contributed by atoms with Gasteiger partial charge in [-0.15, -0.1) is 0 Å². The number of likely N-dealkylation sites (tertiary alicyclic amines) is 1. The highest BCUT2D eigenvalue weighted by Crippen LogP contribution is 2.41. The van der Waals surface area contributed by atoms with E-state index < -0.39 is 11.7 Å². The molecule has 5 aromatic rings. The Morgan fingerprint density at radius 3 is 1.76 bits per heavy atom. The maximum absolute atomic E-state index is 13.7. The molecule has 1 saturated carbocycles. The molecule has 0 unspecified atom stereocenters. The van der Waals surface area contributed by atoms with Crippen molar-refractivity contribution in [2.75, 3.05) is 13.1 Å². The van der Waals surface area contributed by atoms with Crippen LogP contribution < -0.4 is 0 Å². The number of benzene rings is 5. The van der Waals surface area contributed by atoms with E-state index in [1.54, 1.807) is 0 Å². The van der Waals surface area contributed by atoms with Crippen LogP contribution in [-0.2, 0) is 26.5 Å². The normalized spacial score (nSPS) is 20.6. The first-order valence-electron chi connectivity index (χ1n) is 19.8. The molecule has 5 nitrogen and oxygen atoms in total. The molecule has 54 heavy (non-hydrogen) atoms. The lowest BCUT2D eigenvalue weighted by Gasteiger charge is -2.38. The molecule has 1 heterocycles. The van der Waals surface area contributed by atoms with Gasteiger partial charge in [-0.25, -0.2) is 0 Å². The monoisotopic (exact) mass is 719 g/mol. The fourth-order valence-corrected chi connectivity index (χ4v) is 8.61. The first kappa shape index (κ1) is 37.5. The van der Waals surface area contributed by atoms with Gasteiger partial charge in [-0.1, -0.05) is 164 Å². The van der Waals surface area contributed by atoms with Gasteiger partial charge in [0.2, 0.25) is 0 Å². The number of nitrogens with zero attached hydrogens (tertiary/aromatic N) is 1. The molecule has 0 amide bonds. The van der Waals surface area contributed by atoms with E-state index in [4.69, 9.17) is 9.47 Å². The van der Waals surface area contributed by atoms with Crippen LogP contribution in [0.4, 0.5) is 0 Å². The summed E-state index contributed by atoms with van der Waals surface area (Å²) in [6.07, 6.45) is 10.9. The molecule has 1 aliphatic carbocycles. The summed E-state index contributed by atoms with van der Waals surface area (Å²) in [6, 6.07) is 49.3. The molecule has 1 saturated heterocycles. The van der Waals surface area contributed by atoms with Crippen molar-refractivity contribution >= 4 is 5.97 Å². The minimum Gasteiger partial charge on any atom is -0.444 e. The van der Waals surface area contributed by atoms with E-state index in [0.717, 1.165) is 48.2 Å². The summed E-state index contributed by atoms with van der Waals surface area (Å²) in [7, 11) is 0. The molecule has 0 bridgehead atoms. The number of aliphatic hydroxyl groups is 1. The number of piperidine rings is 1. The number of carbonyl (C=O) groups is 1. The highest BCUT2D eigenvalue weighted by atomic mass is 16.6. The van der Waals surface area contributed by atoms with Gasteiger partial charge in [0.1, 0.15) is 0 Å². The Morgan fingerprint density at radius 1 is 0.667 bits per heavy atom. The fraction of sp³-hybridized carbons (Fsp3) is 0.327. The van der Waals surface area contributed by atoms with Crippen molar-refractivity contribution in [1.82, 2.24) is 4.90 Å². The summed E-state index contributed by atoms with van der Waals surface area (Å²) in [5.74, 6) is -0.00917. The Morgan fingerprint density at radius 2 is 1.19 bits per heavy atom. The molecule has 5 heteroatoms. The lowest BCUT2D eigenvalue weighted by Crippen LogP contribution is -2.47. The Balaban J connectivity index is 0.987. The van der Waals surface area contributed by atoms with E-state index in [1.807, 2.05) is 97.1 Å². The summed E-state index contributed by atoms with van der Waals surface area (Å²) < 4.78 is 13.2. The van der Waals surface area contributed by atoms with Gasteiger partial charge < -0.3 is 14.6 Å². The Hall–Kier alpha value is -4.81. The zero-order valence-corrected chi connectivity index (χ0v) is 31.2. The van der Waals surface area contributed by atoms with Crippen LogP contribution in [0, 0.1) is 5.92 Å². The highest BCUT2D eigenvalue weighted by Gasteiger charge is 2.46. The molecule has 5 aromatic carbocycles. The van der Waals surface area contributed by atoms with E-state index in [9.17, 15) is 9.90 Å².